The summed E-state index contributed by atoms with van der Waals surface area (Å²) in [4.78, 5) is 12.4. The molecule has 0 amide bonds. The second-order valence-electron chi connectivity index (χ2n) is 6.07. The summed E-state index contributed by atoms with van der Waals surface area (Å²) in [5.74, 6) is 0.811. The van der Waals surface area contributed by atoms with E-state index in [9.17, 15) is 4.79 Å². The summed E-state index contributed by atoms with van der Waals surface area (Å²) in [5.41, 5.74) is 2.56. The molecule has 1 aromatic heterocycles. The number of aryl methyl sites for hydroxylation is 1. The maximum absolute atomic E-state index is 12.4. The van der Waals surface area contributed by atoms with Crippen LogP contribution in [0.5, 0.6) is 5.75 Å². The molecule has 1 N–H and O–H groups in total. The minimum Gasteiger partial charge on any atom is -0.497 e. The lowest BCUT2D eigenvalue weighted by atomic mass is 10.0. The molecule has 0 atom stereocenters. The van der Waals surface area contributed by atoms with Crippen molar-refractivity contribution >= 4 is 16.9 Å². The Hall–Kier alpha value is -3.34. The zero-order chi connectivity index (χ0) is 19.2. The van der Waals surface area contributed by atoms with Gasteiger partial charge in [-0.15, -0.1) is 0 Å². The molecule has 0 unspecified atom stereocenters. The van der Waals surface area contributed by atoms with Gasteiger partial charge in [-0.25, -0.2) is 4.79 Å². The Kier molecular flexibility index (Phi) is 5.71. The average molecular weight is 363 g/mol. The van der Waals surface area contributed by atoms with Gasteiger partial charge in [-0.1, -0.05) is 30.8 Å². The zero-order valence-corrected chi connectivity index (χ0v) is 15.2. The summed E-state index contributed by atoms with van der Waals surface area (Å²) in [6, 6.07) is 15.0. The summed E-state index contributed by atoms with van der Waals surface area (Å²) < 4.78 is 15.9. The van der Waals surface area contributed by atoms with Gasteiger partial charge in [0.05, 0.1) is 19.3 Å². The molecule has 3 aromatic rings. The molecule has 138 valence electrons. The summed E-state index contributed by atoms with van der Waals surface area (Å²) in [6.45, 7) is 3.93. The predicted octanol–water partition coefficient (Wildman–Crippen LogP) is 4.58. The number of rotatable bonds is 7. The monoisotopic (exact) mass is 363 g/mol. The molecule has 0 radical (unpaired) electrons. The van der Waals surface area contributed by atoms with E-state index in [0.717, 1.165) is 35.1 Å². The summed E-state index contributed by atoms with van der Waals surface area (Å²) in [7, 11) is 1.60. The van der Waals surface area contributed by atoms with Gasteiger partial charge in [0.1, 0.15) is 11.3 Å². The van der Waals surface area contributed by atoms with E-state index in [2.05, 4.69) is 6.58 Å². The minimum absolute atomic E-state index is 0.0746. The second-order valence-corrected chi connectivity index (χ2v) is 6.07. The largest absolute Gasteiger partial charge is 0.497 e. The van der Waals surface area contributed by atoms with Crippen LogP contribution in [0, 0.1) is 5.41 Å². The number of hydrogen-bond donors (Lipinski definition) is 1. The van der Waals surface area contributed by atoms with Gasteiger partial charge >= 0.3 is 5.63 Å². The third kappa shape index (κ3) is 4.44. The van der Waals surface area contributed by atoms with Crippen LogP contribution in [0.15, 0.2) is 70.4 Å². The number of fused-ring (bicyclic) bond motifs is 1. The standard InChI is InChI=1S/C22H21NO4/c1-3-21(23)26-12-4-5-15-6-7-17-14-19(22(24)27-20(17)13-15)16-8-10-18(25-2)11-9-16/h3,6-11,13-14,23H,1,4-5,12H2,2H3. The van der Waals surface area contributed by atoms with Crippen LogP contribution >= 0.6 is 0 Å². The molecule has 0 aliphatic rings. The Labute approximate surface area is 157 Å². The quantitative estimate of drug-likeness (QED) is 0.289. The van der Waals surface area contributed by atoms with Gasteiger partial charge in [0.25, 0.3) is 0 Å². The number of methoxy groups -OCH3 is 1. The van der Waals surface area contributed by atoms with E-state index in [0.29, 0.717) is 17.8 Å². The number of hydrogen-bond acceptors (Lipinski definition) is 5. The summed E-state index contributed by atoms with van der Waals surface area (Å²) in [6.07, 6.45) is 2.89. The Morgan fingerprint density at radius 2 is 1.96 bits per heavy atom. The number of nitrogens with one attached hydrogen (secondary N) is 1. The van der Waals surface area contributed by atoms with Crippen LogP contribution in [0.4, 0.5) is 0 Å². The van der Waals surface area contributed by atoms with Crippen molar-refractivity contribution in [1.29, 1.82) is 5.41 Å². The average Bonchev–Trinajstić information content (AvgIpc) is 2.70. The summed E-state index contributed by atoms with van der Waals surface area (Å²) >= 11 is 0. The molecule has 0 saturated carbocycles. The van der Waals surface area contributed by atoms with Gasteiger partial charge in [-0.05, 0) is 54.3 Å². The molecule has 3 rings (SSSR count). The number of benzene rings is 2. The molecule has 0 spiro atoms. The van der Waals surface area contributed by atoms with Crippen molar-refractivity contribution in [1.82, 2.24) is 0 Å². The fraction of sp³-hybridized carbons (Fsp3) is 0.182. The maximum atomic E-state index is 12.4. The van der Waals surface area contributed by atoms with Gasteiger partial charge in [0.15, 0.2) is 0 Å². The Bertz CT molecular complexity index is 1020. The highest BCUT2D eigenvalue weighted by atomic mass is 16.5. The fourth-order valence-electron chi connectivity index (χ4n) is 2.80. The van der Waals surface area contributed by atoms with Crippen LogP contribution in [0.3, 0.4) is 0 Å². The lowest BCUT2D eigenvalue weighted by Crippen LogP contribution is -2.03. The third-order valence-corrected chi connectivity index (χ3v) is 4.25. The van der Waals surface area contributed by atoms with Crippen LogP contribution in [0.25, 0.3) is 22.1 Å². The molecule has 1 heterocycles. The zero-order valence-electron chi connectivity index (χ0n) is 15.2. The van der Waals surface area contributed by atoms with Crippen molar-refractivity contribution in [2.75, 3.05) is 13.7 Å². The van der Waals surface area contributed by atoms with E-state index in [1.165, 1.54) is 6.08 Å². The minimum atomic E-state index is -0.368. The van der Waals surface area contributed by atoms with Gasteiger partial charge in [-0.2, -0.15) is 0 Å². The molecule has 27 heavy (non-hydrogen) atoms. The molecule has 5 heteroatoms. The van der Waals surface area contributed by atoms with Gasteiger partial charge in [0.2, 0.25) is 5.90 Å². The van der Waals surface area contributed by atoms with E-state index < -0.39 is 0 Å². The SMILES string of the molecule is C=CC(=N)OCCCc1ccc2cc(-c3ccc(OC)cc3)c(=O)oc2c1. The molecule has 2 aromatic carbocycles. The normalized spacial score (nSPS) is 10.6. The van der Waals surface area contributed by atoms with Crippen molar-refractivity contribution in [2.24, 2.45) is 0 Å². The lowest BCUT2D eigenvalue weighted by Gasteiger charge is -2.07. The first-order chi connectivity index (χ1) is 13.1. The number of ether oxygens (including phenoxy) is 2. The highest BCUT2D eigenvalue weighted by Gasteiger charge is 2.09. The van der Waals surface area contributed by atoms with E-state index >= 15 is 0 Å². The maximum Gasteiger partial charge on any atom is 0.344 e. The van der Waals surface area contributed by atoms with Crippen molar-refractivity contribution in [3.8, 4) is 16.9 Å². The van der Waals surface area contributed by atoms with Crippen LogP contribution < -0.4 is 10.4 Å². The molecule has 0 aliphatic heterocycles. The Balaban J connectivity index is 1.79. The highest BCUT2D eigenvalue weighted by molar-refractivity contribution is 5.84. The smallest absolute Gasteiger partial charge is 0.344 e. The van der Waals surface area contributed by atoms with Crippen molar-refractivity contribution in [3.63, 3.8) is 0 Å². The Morgan fingerprint density at radius 3 is 2.67 bits per heavy atom. The van der Waals surface area contributed by atoms with E-state index in [4.69, 9.17) is 19.3 Å². The van der Waals surface area contributed by atoms with Crippen molar-refractivity contribution in [3.05, 3.63) is 77.2 Å². The Morgan fingerprint density at radius 1 is 1.19 bits per heavy atom. The van der Waals surface area contributed by atoms with Crippen molar-refractivity contribution < 1.29 is 13.9 Å². The first-order valence-corrected chi connectivity index (χ1v) is 8.65. The molecule has 5 nitrogen and oxygen atoms in total. The molecule has 0 fully saturated rings. The molecule has 0 saturated heterocycles. The van der Waals surface area contributed by atoms with E-state index in [1.807, 2.05) is 48.5 Å². The molecule has 0 aliphatic carbocycles. The first kappa shape index (κ1) is 18.5. The third-order valence-electron chi connectivity index (χ3n) is 4.25. The fourth-order valence-corrected chi connectivity index (χ4v) is 2.80. The van der Waals surface area contributed by atoms with Crippen LogP contribution in [-0.2, 0) is 11.2 Å². The van der Waals surface area contributed by atoms with Crippen LogP contribution in [0.2, 0.25) is 0 Å². The molecular formula is C22H21NO4. The van der Waals surface area contributed by atoms with Crippen LogP contribution in [0.1, 0.15) is 12.0 Å². The van der Waals surface area contributed by atoms with Crippen LogP contribution in [-0.4, -0.2) is 19.6 Å². The molecule has 0 bridgehead atoms. The second kappa shape index (κ2) is 8.36. The molecular weight excluding hydrogens is 342 g/mol. The summed E-state index contributed by atoms with van der Waals surface area (Å²) in [5, 5.41) is 8.24. The topological polar surface area (TPSA) is 72.5 Å². The van der Waals surface area contributed by atoms with Crippen molar-refractivity contribution in [2.45, 2.75) is 12.8 Å². The van der Waals surface area contributed by atoms with Gasteiger partial charge in [-0.3, -0.25) is 5.41 Å². The lowest BCUT2D eigenvalue weighted by molar-refractivity contribution is 0.298. The predicted molar refractivity (Wildman–Crippen MR) is 107 cm³/mol. The highest BCUT2D eigenvalue weighted by Crippen LogP contribution is 2.24. The van der Waals surface area contributed by atoms with Gasteiger partial charge < -0.3 is 13.9 Å². The van der Waals surface area contributed by atoms with E-state index in [1.54, 1.807) is 7.11 Å². The van der Waals surface area contributed by atoms with Gasteiger partial charge in [0, 0.05) is 5.39 Å². The first-order valence-electron chi connectivity index (χ1n) is 8.65. The van der Waals surface area contributed by atoms with E-state index in [-0.39, 0.29) is 11.5 Å².